The zero-order chi connectivity index (χ0) is 8.53. The Kier molecular flexibility index (Phi) is 8.50. The zero-order valence-corrected chi connectivity index (χ0v) is 8.12. The van der Waals surface area contributed by atoms with Gasteiger partial charge in [0.1, 0.15) is 0 Å². The predicted octanol–water partition coefficient (Wildman–Crippen LogP) is 0.608. The quantitative estimate of drug-likeness (QED) is 0.341. The van der Waals surface area contributed by atoms with Gasteiger partial charge in [-0.05, 0) is 12.7 Å². The largest absolute Gasteiger partial charge is 0.380 e. The Hall–Kier alpha value is 0.230. The van der Waals surface area contributed by atoms with E-state index in [-0.39, 0.29) is 6.04 Å². The molecule has 0 saturated carbocycles. The van der Waals surface area contributed by atoms with Crippen molar-refractivity contribution < 1.29 is 4.74 Å². The minimum absolute atomic E-state index is 0.288. The number of nitrogens with two attached hydrogens (primary N) is 1. The molecule has 4 heteroatoms. The molecule has 0 aliphatic rings. The molecule has 0 fully saturated rings. The second-order valence-electron chi connectivity index (χ2n) is 2.39. The van der Waals surface area contributed by atoms with Crippen LogP contribution in [0.5, 0.6) is 0 Å². The van der Waals surface area contributed by atoms with Crippen molar-refractivity contribution in [3.8, 4) is 0 Å². The minimum Gasteiger partial charge on any atom is -0.380 e. The lowest BCUT2D eigenvalue weighted by atomic mass is 10.4. The SMILES string of the molecule is CCCOCC(CSC)NN. The number of thioether (sulfide) groups is 1. The molecule has 1 atom stereocenters. The summed E-state index contributed by atoms with van der Waals surface area (Å²) in [4.78, 5) is 0. The van der Waals surface area contributed by atoms with Crippen LogP contribution in [0.25, 0.3) is 0 Å². The Labute approximate surface area is 73.0 Å². The molecule has 0 aromatic heterocycles. The van der Waals surface area contributed by atoms with Crippen molar-refractivity contribution in [1.29, 1.82) is 0 Å². The van der Waals surface area contributed by atoms with Gasteiger partial charge in [0.25, 0.3) is 0 Å². The Morgan fingerprint density at radius 2 is 2.36 bits per heavy atom. The third-order valence-electron chi connectivity index (χ3n) is 1.27. The molecule has 3 nitrogen and oxygen atoms in total. The van der Waals surface area contributed by atoms with Crippen molar-refractivity contribution in [1.82, 2.24) is 5.43 Å². The molecule has 0 aliphatic carbocycles. The maximum atomic E-state index is 5.33. The monoisotopic (exact) mass is 178 g/mol. The summed E-state index contributed by atoms with van der Waals surface area (Å²) < 4.78 is 5.33. The fourth-order valence-electron chi connectivity index (χ4n) is 0.715. The van der Waals surface area contributed by atoms with Gasteiger partial charge in [0, 0.05) is 12.4 Å². The van der Waals surface area contributed by atoms with Gasteiger partial charge in [0.2, 0.25) is 0 Å². The van der Waals surface area contributed by atoms with Crippen LogP contribution in [0.4, 0.5) is 0 Å². The van der Waals surface area contributed by atoms with E-state index >= 15 is 0 Å². The first-order valence-corrected chi connectivity index (χ1v) is 5.27. The van der Waals surface area contributed by atoms with E-state index in [1.165, 1.54) is 0 Å². The van der Waals surface area contributed by atoms with Crippen LogP contribution in [0.1, 0.15) is 13.3 Å². The second kappa shape index (κ2) is 8.33. The molecule has 0 saturated heterocycles. The topological polar surface area (TPSA) is 47.3 Å². The van der Waals surface area contributed by atoms with Crippen molar-refractivity contribution >= 4 is 11.8 Å². The van der Waals surface area contributed by atoms with E-state index in [4.69, 9.17) is 10.6 Å². The molecule has 0 amide bonds. The molecule has 0 rings (SSSR count). The maximum Gasteiger partial charge on any atom is 0.0641 e. The van der Waals surface area contributed by atoms with E-state index in [9.17, 15) is 0 Å². The normalized spacial score (nSPS) is 13.4. The molecule has 3 N–H and O–H groups in total. The summed E-state index contributed by atoms with van der Waals surface area (Å²) in [6, 6.07) is 0.288. The number of rotatable bonds is 7. The van der Waals surface area contributed by atoms with Gasteiger partial charge in [0.15, 0.2) is 0 Å². The molecule has 11 heavy (non-hydrogen) atoms. The summed E-state index contributed by atoms with van der Waals surface area (Å²) in [6.45, 7) is 3.64. The van der Waals surface area contributed by atoms with Crippen molar-refractivity contribution in [2.24, 2.45) is 5.84 Å². The summed E-state index contributed by atoms with van der Waals surface area (Å²) in [5.41, 5.74) is 2.72. The molecule has 0 aromatic carbocycles. The van der Waals surface area contributed by atoms with Gasteiger partial charge >= 0.3 is 0 Å². The average Bonchev–Trinajstić information content (AvgIpc) is 2.03. The summed E-state index contributed by atoms with van der Waals surface area (Å²) in [5.74, 6) is 6.30. The van der Waals surface area contributed by atoms with Gasteiger partial charge in [-0.2, -0.15) is 11.8 Å². The predicted molar refractivity (Wildman–Crippen MR) is 50.6 cm³/mol. The first-order chi connectivity index (χ1) is 5.35. The summed E-state index contributed by atoms with van der Waals surface area (Å²) in [5, 5.41) is 0. The van der Waals surface area contributed by atoms with E-state index in [0.717, 1.165) is 18.8 Å². The van der Waals surface area contributed by atoms with E-state index in [1.54, 1.807) is 11.8 Å². The van der Waals surface area contributed by atoms with Crippen molar-refractivity contribution in [3.05, 3.63) is 0 Å². The van der Waals surface area contributed by atoms with Gasteiger partial charge in [-0.3, -0.25) is 11.3 Å². The van der Waals surface area contributed by atoms with Crippen LogP contribution >= 0.6 is 11.8 Å². The average molecular weight is 178 g/mol. The molecule has 68 valence electrons. The van der Waals surface area contributed by atoms with Crippen LogP contribution in [-0.4, -0.2) is 31.3 Å². The standard InChI is InChI=1S/C7H18N2OS/c1-3-4-10-5-7(9-8)6-11-2/h7,9H,3-6,8H2,1-2H3. The van der Waals surface area contributed by atoms with Crippen LogP contribution < -0.4 is 11.3 Å². The summed E-state index contributed by atoms with van der Waals surface area (Å²) in [6.07, 6.45) is 3.13. The fourth-order valence-corrected chi connectivity index (χ4v) is 1.31. The van der Waals surface area contributed by atoms with Crippen LogP contribution in [0.15, 0.2) is 0 Å². The molecule has 1 unspecified atom stereocenters. The molecule has 0 spiro atoms. The number of hydrogen-bond donors (Lipinski definition) is 2. The van der Waals surface area contributed by atoms with Gasteiger partial charge < -0.3 is 4.74 Å². The van der Waals surface area contributed by atoms with E-state index in [0.29, 0.717) is 6.61 Å². The van der Waals surface area contributed by atoms with Crippen LogP contribution in [-0.2, 0) is 4.74 Å². The second-order valence-corrected chi connectivity index (χ2v) is 3.30. The number of nitrogens with one attached hydrogen (secondary N) is 1. The Bertz CT molecular complexity index is 82.8. The lowest BCUT2D eigenvalue weighted by molar-refractivity contribution is 0.117. The molecule has 0 heterocycles. The minimum atomic E-state index is 0.288. The Morgan fingerprint density at radius 1 is 1.64 bits per heavy atom. The Morgan fingerprint density at radius 3 is 2.82 bits per heavy atom. The zero-order valence-electron chi connectivity index (χ0n) is 7.30. The third kappa shape index (κ3) is 6.62. The number of ether oxygens (including phenoxy) is 1. The van der Waals surface area contributed by atoms with Gasteiger partial charge in [-0.1, -0.05) is 6.92 Å². The lowest BCUT2D eigenvalue weighted by Gasteiger charge is -2.13. The molecular formula is C7H18N2OS. The number of hydrazine groups is 1. The van der Waals surface area contributed by atoms with Crippen molar-refractivity contribution in [2.45, 2.75) is 19.4 Å². The van der Waals surface area contributed by atoms with Crippen molar-refractivity contribution in [3.63, 3.8) is 0 Å². The summed E-state index contributed by atoms with van der Waals surface area (Å²) in [7, 11) is 0. The van der Waals surface area contributed by atoms with Gasteiger partial charge in [-0.15, -0.1) is 0 Å². The Balaban J connectivity index is 3.20. The third-order valence-corrected chi connectivity index (χ3v) is 2.01. The fraction of sp³-hybridized carbons (Fsp3) is 1.00. The van der Waals surface area contributed by atoms with E-state index in [1.807, 2.05) is 0 Å². The first-order valence-electron chi connectivity index (χ1n) is 3.88. The molecule has 0 aliphatic heterocycles. The molecule has 0 aromatic rings. The lowest BCUT2D eigenvalue weighted by Crippen LogP contribution is -2.40. The van der Waals surface area contributed by atoms with Crippen LogP contribution in [0.2, 0.25) is 0 Å². The smallest absolute Gasteiger partial charge is 0.0641 e. The van der Waals surface area contributed by atoms with Crippen LogP contribution in [0, 0.1) is 0 Å². The van der Waals surface area contributed by atoms with Crippen molar-refractivity contribution in [2.75, 3.05) is 25.2 Å². The highest BCUT2D eigenvalue weighted by atomic mass is 32.2. The highest BCUT2D eigenvalue weighted by Gasteiger charge is 2.03. The number of hydrogen-bond acceptors (Lipinski definition) is 4. The summed E-state index contributed by atoms with van der Waals surface area (Å²) >= 11 is 1.77. The van der Waals surface area contributed by atoms with Crippen LogP contribution in [0.3, 0.4) is 0 Å². The van der Waals surface area contributed by atoms with E-state index in [2.05, 4.69) is 18.6 Å². The first kappa shape index (κ1) is 11.2. The molecule has 0 radical (unpaired) electrons. The maximum absolute atomic E-state index is 5.33. The molecular weight excluding hydrogens is 160 g/mol. The highest BCUT2D eigenvalue weighted by molar-refractivity contribution is 7.98. The van der Waals surface area contributed by atoms with Gasteiger partial charge in [-0.25, -0.2) is 0 Å². The van der Waals surface area contributed by atoms with Gasteiger partial charge in [0.05, 0.1) is 12.6 Å². The highest BCUT2D eigenvalue weighted by Crippen LogP contribution is 1.96. The molecule has 0 bridgehead atoms. The van der Waals surface area contributed by atoms with E-state index < -0.39 is 0 Å².